The maximum atomic E-state index is 13.5. The standard InChI is InChI=1S/C30H34N2O/c1-2-3-4-7-17-32-18-15-23(16-19-32)28-21-31-29-14-13-24(20-27(28)29)30(33)26-12-8-10-22-9-5-6-11-25(22)26/h5-6,8-14,20-21,23,31H,2-4,7,15-19H2,1H3. The Hall–Kier alpha value is -2.91. The van der Waals surface area contributed by atoms with Crippen LogP contribution in [0.3, 0.4) is 0 Å². The fourth-order valence-electron chi connectivity index (χ4n) is 5.43. The van der Waals surface area contributed by atoms with E-state index >= 15 is 0 Å². The summed E-state index contributed by atoms with van der Waals surface area (Å²) in [7, 11) is 0. The quantitative estimate of drug-likeness (QED) is 0.231. The number of aromatic nitrogens is 1. The minimum absolute atomic E-state index is 0.0998. The van der Waals surface area contributed by atoms with Crippen molar-refractivity contribution in [3.63, 3.8) is 0 Å². The molecule has 5 rings (SSSR count). The van der Waals surface area contributed by atoms with E-state index in [0.717, 1.165) is 27.4 Å². The molecule has 0 spiro atoms. The number of nitrogens with one attached hydrogen (secondary N) is 1. The topological polar surface area (TPSA) is 36.1 Å². The van der Waals surface area contributed by atoms with Crippen LogP contribution in [-0.4, -0.2) is 35.3 Å². The molecule has 1 fully saturated rings. The molecule has 1 N–H and O–H groups in total. The van der Waals surface area contributed by atoms with Crippen LogP contribution in [0.1, 0.15) is 72.9 Å². The lowest BCUT2D eigenvalue weighted by atomic mass is 9.88. The molecular formula is C30H34N2O. The van der Waals surface area contributed by atoms with E-state index in [4.69, 9.17) is 0 Å². The zero-order valence-corrected chi connectivity index (χ0v) is 19.6. The Balaban J connectivity index is 1.35. The van der Waals surface area contributed by atoms with Crippen LogP contribution in [0.15, 0.2) is 66.9 Å². The Bertz CT molecular complexity index is 1240. The van der Waals surface area contributed by atoms with Gasteiger partial charge in [0.15, 0.2) is 5.78 Å². The molecule has 0 radical (unpaired) electrons. The number of H-pyrrole nitrogens is 1. The number of piperidine rings is 1. The highest BCUT2D eigenvalue weighted by molar-refractivity contribution is 6.17. The highest BCUT2D eigenvalue weighted by Crippen LogP contribution is 2.34. The lowest BCUT2D eigenvalue weighted by molar-refractivity contribution is 0.104. The van der Waals surface area contributed by atoms with Gasteiger partial charge >= 0.3 is 0 Å². The second-order valence-electron chi connectivity index (χ2n) is 9.54. The monoisotopic (exact) mass is 438 g/mol. The van der Waals surface area contributed by atoms with Crippen LogP contribution < -0.4 is 0 Å². The smallest absolute Gasteiger partial charge is 0.193 e. The van der Waals surface area contributed by atoms with Crippen LogP contribution >= 0.6 is 0 Å². The summed E-state index contributed by atoms with van der Waals surface area (Å²) in [6, 6.07) is 20.3. The molecule has 0 aliphatic carbocycles. The first-order valence-corrected chi connectivity index (χ1v) is 12.6. The zero-order chi connectivity index (χ0) is 22.6. The normalized spacial score (nSPS) is 15.4. The second-order valence-corrected chi connectivity index (χ2v) is 9.54. The highest BCUT2D eigenvalue weighted by atomic mass is 16.1. The molecule has 1 saturated heterocycles. The minimum Gasteiger partial charge on any atom is -0.361 e. The summed E-state index contributed by atoms with van der Waals surface area (Å²) in [5, 5.41) is 3.33. The summed E-state index contributed by atoms with van der Waals surface area (Å²) in [5.74, 6) is 0.663. The van der Waals surface area contributed by atoms with E-state index in [1.807, 2.05) is 36.4 Å². The Kier molecular flexibility index (Phi) is 6.59. The van der Waals surface area contributed by atoms with Crippen molar-refractivity contribution >= 4 is 27.5 Å². The number of hydrogen-bond acceptors (Lipinski definition) is 2. The summed E-state index contributed by atoms with van der Waals surface area (Å²) in [5.41, 5.74) is 4.05. The first-order chi connectivity index (χ1) is 16.2. The fourth-order valence-corrected chi connectivity index (χ4v) is 5.43. The Morgan fingerprint density at radius 2 is 1.76 bits per heavy atom. The molecule has 3 nitrogen and oxygen atoms in total. The van der Waals surface area contributed by atoms with Crippen LogP contribution in [0.2, 0.25) is 0 Å². The van der Waals surface area contributed by atoms with Crippen LogP contribution in [-0.2, 0) is 0 Å². The van der Waals surface area contributed by atoms with Crippen molar-refractivity contribution in [1.29, 1.82) is 0 Å². The van der Waals surface area contributed by atoms with Gasteiger partial charge in [0.25, 0.3) is 0 Å². The van der Waals surface area contributed by atoms with Crippen LogP contribution in [0.5, 0.6) is 0 Å². The van der Waals surface area contributed by atoms with E-state index in [2.05, 4.69) is 47.3 Å². The molecule has 0 bridgehead atoms. The lowest BCUT2D eigenvalue weighted by Gasteiger charge is -2.32. The summed E-state index contributed by atoms with van der Waals surface area (Å²) < 4.78 is 0. The third-order valence-electron chi connectivity index (χ3n) is 7.37. The molecule has 0 saturated carbocycles. The van der Waals surface area contributed by atoms with Crippen molar-refractivity contribution < 1.29 is 4.79 Å². The van der Waals surface area contributed by atoms with Gasteiger partial charge in [-0.1, -0.05) is 68.7 Å². The van der Waals surface area contributed by atoms with Crippen molar-refractivity contribution in [1.82, 2.24) is 9.88 Å². The van der Waals surface area contributed by atoms with Crippen LogP contribution in [0, 0.1) is 0 Å². The molecule has 0 unspecified atom stereocenters. The third-order valence-corrected chi connectivity index (χ3v) is 7.37. The van der Waals surface area contributed by atoms with Crippen molar-refractivity contribution in [2.75, 3.05) is 19.6 Å². The average molecular weight is 439 g/mol. The van der Waals surface area contributed by atoms with Gasteiger partial charge in [-0.3, -0.25) is 4.79 Å². The number of carbonyl (C=O) groups is 1. The molecule has 3 heteroatoms. The molecule has 1 aromatic heterocycles. The number of carbonyl (C=O) groups excluding carboxylic acids is 1. The van der Waals surface area contributed by atoms with E-state index in [9.17, 15) is 4.79 Å². The van der Waals surface area contributed by atoms with Gasteiger partial charge in [0, 0.05) is 28.2 Å². The van der Waals surface area contributed by atoms with E-state index in [1.54, 1.807) is 0 Å². The molecule has 0 amide bonds. The third kappa shape index (κ3) is 4.60. The zero-order valence-electron chi connectivity index (χ0n) is 19.6. The molecule has 4 aromatic rings. The number of hydrogen-bond donors (Lipinski definition) is 1. The summed E-state index contributed by atoms with van der Waals surface area (Å²) >= 11 is 0. The maximum Gasteiger partial charge on any atom is 0.193 e. The Morgan fingerprint density at radius 3 is 2.61 bits per heavy atom. The van der Waals surface area contributed by atoms with Gasteiger partial charge in [-0.25, -0.2) is 0 Å². The number of nitrogens with zero attached hydrogens (tertiary/aromatic N) is 1. The average Bonchev–Trinajstić information content (AvgIpc) is 3.29. The number of fused-ring (bicyclic) bond motifs is 2. The van der Waals surface area contributed by atoms with Crippen molar-refractivity contribution in [2.24, 2.45) is 0 Å². The van der Waals surface area contributed by atoms with Crippen molar-refractivity contribution in [3.05, 3.63) is 83.6 Å². The summed E-state index contributed by atoms with van der Waals surface area (Å²) in [6.45, 7) is 5.87. The number of ketones is 1. The first-order valence-electron chi connectivity index (χ1n) is 12.6. The Labute approximate surface area is 196 Å². The van der Waals surface area contributed by atoms with Crippen molar-refractivity contribution in [2.45, 2.75) is 51.4 Å². The molecular weight excluding hydrogens is 404 g/mol. The lowest BCUT2D eigenvalue weighted by Crippen LogP contribution is -2.33. The predicted octanol–water partition coefficient (Wildman–Crippen LogP) is 7.31. The van der Waals surface area contributed by atoms with Gasteiger partial charge < -0.3 is 9.88 Å². The molecule has 1 aliphatic rings. The van der Waals surface area contributed by atoms with E-state index in [-0.39, 0.29) is 5.78 Å². The molecule has 170 valence electrons. The van der Waals surface area contributed by atoms with Gasteiger partial charge in [-0.05, 0) is 79.3 Å². The summed E-state index contributed by atoms with van der Waals surface area (Å²) in [4.78, 5) is 19.6. The molecule has 33 heavy (non-hydrogen) atoms. The number of aromatic amines is 1. The summed E-state index contributed by atoms with van der Waals surface area (Å²) in [6.07, 6.45) is 9.90. The SMILES string of the molecule is CCCCCCN1CCC(c2c[nH]c3ccc(C(=O)c4cccc5ccccc45)cc23)CC1. The Morgan fingerprint density at radius 1 is 0.939 bits per heavy atom. The maximum absolute atomic E-state index is 13.5. The highest BCUT2D eigenvalue weighted by Gasteiger charge is 2.23. The van der Waals surface area contributed by atoms with Gasteiger partial charge in [0.1, 0.15) is 0 Å². The minimum atomic E-state index is 0.0998. The second kappa shape index (κ2) is 9.93. The molecule has 2 heterocycles. The van der Waals surface area contributed by atoms with E-state index in [0.29, 0.717) is 5.92 Å². The van der Waals surface area contributed by atoms with Gasteiger partial charge in [-0.2, -0.15) is 0 Å². The number of rotatable bonds is 8. The number of unbranched alkanes of at least 4 members (excludes halogenated alkanes) is 3. The molecule has 3 aromatic carbocycles. The molecule has 1 aliphatic heterocycles. The van der Waals surface area contributed by atoms with Crippen LogP contribution in [0.25, 0.3) is 21.7 Å². The number of benzene rings is 3. The van der Waals surface area contributed by atoms with Gasteiger partial charge in [0.2, 0.25) is 0 Å². The van der Waals surface area contributed by atoms with E-state index < -0.39 is 0 Å². The number of likely N-dealkylation sites (tertiary alicyclic amines) is 1. The van der Waals surface area contributed by atoms with E-state index in [1.165, 1.54) is 69.1 Å². The van der Waals surface area contributed by atoms with Crippen LogP contribution in [0.4, 0.5) is 0 Å². The largest absolute Gasteiger partial charge is 0.361 e. The first kappa shape index (κ1) is 21.9. The van der Waals surface area contributed by atoms with Gasteiger partial charge in [0.05, 0.1) is 0 Å². The molecule has 0 atom stereocenters. The fraction of sp³-hybridized carbons (Fsp3) is 0.367. The van der Waals surface area contributed by atoms with Gasteiger partial charge in [-0.15, -0.1) is 0 Å². The predicted molar refractivity (Wildman–Crippen MR) is 138 cm³/mol. The van der Waals surface area contributed by atoms with Crippen molar-refractivity contribution in [3.8, 4) is 0 Å².